The Morgan fingerprint density at radius 3 is 2.75 bits per heavy atom. The second kappa shape index (κ2) is 4.47. The topological polar surface area (TPSA) is 24.5 Å². The molecule has 108 valence electrons. The first-order chi connectivity index (χ1) is 9.61. The van der Waals surface area contributed by atoms with E-state index >= 15 is 0 Å². The van der Waals surface area contributed by atoms with E-state index in [1.54, 1.807) is 0 Å². The van der Waals surface area contributed by atoms with E-state index in [-0.39, 0.29) is 5.60 Å². The van der Waals surface area contributed by atoms with Crippen LogP contribution in [0.25, 0.3) is 0 Å². The van der Waals surface area contributed by atoms with Crippen molar-refractivity contribution in [2.75, 3.05) is 26.2 Å². The molecule has 3 aliphatic rings. The van der Waals surface area contributed by atoms with Crippen LogP contribution in [0.4, 0.5) is 0 Å². The maximum Gasteiger partial charge on any atom is 0.127 e. The van der Waals surface area contributed by atoms with E-state index in [4.69, 9.17) is 4.74 Å². The van der Waals surface area contributed by atoms with Crippen LogP contribution in [0.1, 0.15) is 25.0 Å². The average Bonchev–Trinajstić information content (AvgIpc) is 3.00. The van der Waals surface area contributed by atoms with Crippen molar-refractivity contribution in [3.63, 3.8) is 0 Å². The van der Waals surface area contributed by atoms with Crippen molar-refractivity contribution in [1.82, 2.24) is 10.2 Å². The van der Waals surface area contributed by atoms with Gasteiger partial charge in [-0.3, -0.25) is 4.90 Å². The van der Waals surface area contributed by atoms with Crippen molar-refractivity contribution in [3.8, 4) is 5.75 Å². The minimum Gasteiger partial charge on any atom is -0.487 e. The Hall–Kier alpha value is -1.06. The molecule has 3 nitrogen and oxygen atoms in total. The maximum absolute atomic E-state index is 6.19. The molecule has 4 rings (SSSR count). The molecule has 0 bridgehead atoms. The number of fused-ring (bicyclic) bond motifs is 2. The molecular formula is C17H24N2O. The van der Waals surface area contributed by atoms with Gasteiger partial charge in [0.1, 0.15) is 11.4 Å². The normalized spacial score (nSPS) is 31.1. The van der Waals surface area contributed by atoms with Gasteiger partial charge in [-0.05, 0) is 44.3 Å². The van der Waals surface area contributed by atoms with E-state index in [2.05, 4.69) is 42.3 Å². The maximum atomic E-state index is 6.19. The molecule has 1 aromatic carbocycles. The molecule has 2 fully saturated rings. The number of ether oxygens (including phenoxy) is 1. The summed E-state index contributed by atoms with van der Waals surface area (Å²) in [5.74, 6) is 2.89. The zero-order valence-corrected chi connectivity index (χ0v) is 12.5. The van der Waals surface area contributed by atoms with Gasteiger partial charge in [-0.25, -0.2) is 0 Å². The van der Waals surface area contributed by atoms with Crippen molar-refractivity contribution in [3.05, 3.63) is 29.3 Å². The Kier molecular flexibility index (Phi) is 2.83. The van der Waals surface area contributed by atoms with Gasteiger partial charge in [0.25, 0.3) is 0 Å². The highest BCUT2D eigenvalue weighted by molar-refractivity contribution is 5.45. The fourth-order valence-electron chi connectivity index (χ4n) is 4.13. The van der Waals surface area contributed by atoms with Crippen LogP contribution < -0.4 is 10.1 Å². The summed E-state index contributed by atoms with van der Waals surface area (Å²) in [6.45, 7) is 10.3. The fraction of sp³-hybridized carbons (Fsp3) is 0.647. The summed E-state index contributed by atoms with van der Waals surface area (Å²) in [4.78, 5) is 2.61. The van der Waals surface area contributed by atoms with Gasteiger partial charge in [-0.15, -0.1) is 0 Å². The average molecular weight is 272 g/mol. The van der Waals surface area contributed by atoms with E-state index < -0.39 is 0 Å². The van der Waals surface area contributed by atoms with Crippen molar-refractivity contribution in [2.45, 2.75) is 32.4 Å². The highest BCUT2D eigenvalue weighted by Gasteiger charge is 2.37. The lowest BCUT2D eigenvalue weighted by Crippen LogP contribution is -2.26. The Bertz CT molecular complexity index is 514. The van der Waals surface area contributed by atoms with Crippen molar-refractivity contribution in [2.24, 2.45) is 11.8 Å². The van der Waals surface area contributed by atoms with Crippen LogP contribution in [0.2, 0.25) is 0 Å². The molecular weight excluding hydrogens is 248 g/mol. The molecule has 3 heterocycles. The van der Waals surface area contributed by atoms with E-state index in [0.29, 0.717) is 0 Å². The summed E-state index contributed by atoms with van der Waals surface area (Å²) < 4.78 is 6.19. The highest BCUT2D eigenvalue weighted by atomic mass is 16.5. The SMILES string of the molecule is CC1(C)Cc2cccc(CN3C[C@H]4CNC[C@H]4C3)c2O1. The van der Waals surface area contributed by atoms with Gasteiger partial charge in [0.2, 0.25) is 0 Å². The second-order valence-corrected chi connectivity index (χ2v) is 7.32. The summed E-state index contributed by atoms with van der Waals surface area (Å²) in [5, 5.41) is 3.51. The smallest absolute Gasteiger partial charge is 0.127 e. The zero-order valence-electron chi connectivity index (χ0n) is 12.5. The molecule has 3 aliphatic heterocycles. The third-order valence-corrected chi connectivity index (χ3v) is 5.03. The Morgan fingerprint density at radius 2 is 2.00 bits per heavy atom. The molecule has 0 spiro atoms. The van der Waals surface area contributed by atoms with Gasteiger partial charge in [-0.1, -0.05) is 18.2 Å². The van der Waals surface area contributed by atoms with Gasteiger partial charge in [-0.2, -0.15) is 0 Å². The number of para-hydroxylation sites is 1. The summed E-state index contributed by atoms with van der Waals surface area (Å²) in [5.41, 5.74) is 2.72. The summed E-state index contributed by atoms with van der Waals surface area (Å²) in [6.07, 6.45) is 1.03. The third-order valence-electron chi connectivity index (χ3n) is 5.03. The largest absolute Gasteiger partial charge is 0.487 e. The highest BCUT2D eigenvalue weighted by Crippen LogP contribution is 2.38. The number of hydrogen-bond acceptors (Lipinski definition) is 3. The van der Waals surface area contributed by atoms with E-state index in [9.17, 15) is 0 Å². The summed E-state index contributed by atoms with van der Waals surface area (Å²) >= 11 is 0. The van der Waals surface area contributed by atoms with Crippen LogP contribution in [-0.4, -0.2) is 36.7 Å². The Morgan fingerprint density at radius 1 is 1.25 bits per heavy atom. The first-order valence-corrected chi connectivity index (χ1v) is 7.84. The van der Waals surface area contributed by atoms with Gasteiger partial charge >= 0.3 is 0 Å². The van der Waals surface area contributed by atoms with Crippen molar-refractivity contribution in [1.29, 1.82) is 0 Å². The van der Waals surface area contributed by atoms with E-state index in [1.807, 2.05) is 0 Å². The molecule has 2 atom stereocenters. The Labute approximate surface area is 121 Å². The molecule has 0 aliphatic carbocycles. The number of nitrogens with zero attached hydrogens (tertiary/aromatic N) is 1. The van der Waals surface area contributed by atoms with Crippen LogP contribution in [0.3, 0.4) is 0 Å². The first-order valence-electron chi connectivity index (χ1n) is 7.84. The molecule has 1 N–H and O–H groups in total. The molecule has 1 aromatic rings. The van der Waals surface area contributed by atoms with Gasteiger partial charge in [0.15, 0.2) is 0 Å². The quantitative estimate of drug-likeness (QED) is 0.892. The molecule has 20 heavy (non-hydrogen) atoms. The molecule has 2 saturated heterocycles. The first kappa shape index (κ1) is 12.7. The van der Waals surface area contributed by atoms with Gasteiger partial charge in [0.05, 0.1) is 0 Å². The summed E-state index contributed by atoms with van der Waals surface area (Å²) in [7, 11) is 0. The van der Waals surface area contributed by atoms with Gasteiger partial charge in [0, 0.05) is 31.6 Å². The lowest BCUT2D eigenvalue weighted by Gasteiger charge is -2.21. The van der Waals surface area contributed by atoms with Crippen molar-refractivity contribution >= 4 is 0 Å². The molecule has 0 radical (unpaired) electrons. The molecule has 0 unspecified atom stereocenters. The lowest BCUT2D eigenvalue weighted by molar-refractivity contribution is 0.135. The van der Waals surface area contributed by atoms with Crippen LogP contribution >= 0.6 is 0 Å². The third kappa shape index (κ3) is 2.13. The monoisotopic (exact) mass is 272 g/mol. The molecule has 0 saturated carbocycles. The molecule has 3 heteroatoms. The van der Waals surface area contributed by atoms with E-state index in [1.165, 1.54) is 37.3 Å². The second-order valence-electron chi connectivity index (χ2n) is 7.32. The standard InChI is InChI=1S/C17H24N2O/c1-17(2)6-12-4-3-5-13(16(12)20-17)9-19-10-14-7-18-8-15(14)11-19/h3-5,14-15,18H,6-11H2,1-2H3/t14-,15+. The predicted octanol–water partition coefficient (Wildman–Crippen LogP) is 2.05. The zero-order chi connectivity index (χ0) is 13.7. The number of benzene rings is 1. The number of rotatable bonds is 2. The minimum absolute atomic E-state index is 0.0378. The summed E-state index contributed by atoms with van der Waals surface area (Å²) in [6, 6.07) is 6.65. The predicted molar refractivity (Wildman–Crippen MR) is 80.0 cm³/mol. The lowest BCUT2D eigenvalue weighted by atomic mass is 10.0. The molecule has 0 aromatic heterocycles. The number of nitrogens with one attached hydrogen (secondary N) is 1. The van der Waals surface area contributed by atoms with Crippen LogP contribution in [0.15, 0.2) is 18.2 Å². The Balaban J connectivity index is 1.52. The van der Waals surface area contributed by atoms with Crippen LogP contribution in [0, 0.1) is 11.8 Å². The number of hydrogen-bond donors (Lipinski definition) is 1. The number of likely N-dealkylation sites (tertiary alicyclic amines) is 1. The van der Waals surface area contributed by atoms with Crippen molar-refractivity contribution < 1.29 is 4.74 Å². The van der Waals surface area contributed by atoms with Gasteiger partial charge < -0.3 is 10.1 Å². The van der Waals surface area contributed by atoms with Crippen LogP contribution in [-0.2, 0) is 13.0 Å². The fourth-order valence-corrected chi connectivity index (χ4v) is 4.13. The van der Waals surface area contributed by atoms with E-state index in [0.717, 1.165) is 30.6 Å². The minimum atomic E-state index is -0.0378. The van der Waals surface area contributed by atoms with Crippen LogP contribution in [0.5, 0.6) is 5.75 Å². The molecule has 0 amide bonds.